The highest BCUT2D eigenvalue weighted by molar-refractivity contribution is 5.76. The molecule has 0 unspecified atom stereocenters. The third kappa shape index (κ3) is 2.88. The van der Waals surface area contributed by atoms with Gasteiger partial charge in [0.15, 0.2) is 0 Å². The van der Waals surface area contributed by atoms with E-state index in [1.165, 1.54) is 6.42 Å². The van der Waals surface area contributed by atoms with Crippen LogP contribution < -0.4 is 5.32 Å². The van der Waals surface area contributed by atoms with Crippen molar-refractivity contribution in [1.29, 1.82) is 0 Å². The Morgan fingerprint density at radius 2 is 2.12 bits per heavy atom. The fraction of sp³-hybridized carbons (Fsp3) is 0.818. The van der Waals surface area contributed by atoms with Crippen LogP contribution in [0.2, 0.25) is 0 Å². The Bertz CT molecular complexity index is 321. The number of nitrogens with zero attached hydrogens (tertiary/aromatic N) is 1. The molecule has 1 heterocycles. The maximum absolute atomic E-state index is 11.7. The zero-order valence-electron chi connectivity index (χ0n) is 9.94. The zero-order valence-corrected chi connectivity index (χ0v) is 9.94. The van der Waals surface area contributed by atoms with Crippen molar-refractivity contribution in [3.63, 3.8) is 0 Å². The molecule has 2 rings (SSSR count). The second-order valence-corrected chi connectivity index (χ2v) is 5.07. The normalized spacial score (nSPS) is 22.5. The van der Waals surface area contributed by atoms with Gasteiger partial charge in [0.05, 0.1) is 13.1 Å². The van der Waals surface area contributed by atoms with E-state index in [9.17, 15) is 9.59 Å². The maximum atomic E-state index is 11.7. The second kappa shape index (κ2) is 4.52. The minimum absolute atomic E-state index is 0.0638. The van der Waals surface area contributed by atoms with Gasteiger partial charge in [-0.3, -0.25) is 0 Å². The number of hydrogen-bond acceptors (Lipinski definition) is 3. The van der Waals surface area contributed by atoms with Gasteiger partial charge in [-0.2, -0.15) is 0 Å². The van der Waals surface area contributed by atoms with Gasteiger partial charge < -0.3 is 20.1 Å². The highest BCUT2D eigenvalue weighted by atomic mass is 16.5. The van der Waals surface area contributed by atoms with E-state index in [1.54, 1.807) is 4.90 Å². The highest BCUT2D eigenvalue weighted by Crippen LogP contribution is 2.25. The van der Waals surface area contributed by atoms with Gasteiger partial charge in [-0.25, -0.2) is 9.59 Å². The predicted octanol–water partition coefficient (Wildman–Crippen LogP) is 0.424. The number of carbonyl (C=O) groups is 2. The summed E-state index contributed by atoms with van der Waals surface area (Å²) in [4.78, 5) is 23.7. The van der Waals surface area contributed by atoms with Crippen molar-refractivity contribution < 1.29 is 19.4 Å². The van der Waals surface area contributed by atoms with Crippen molar-refractivity contribution in [3.05, 3.63) is 0 Å². The average molecular weight is 242 g/mol. The Morgan fingerprint density at radius 1 is 1.47 bits per heavy atom. The van der Waals surface area contributed by atoms with Gasteiger partial charge in [-0.15, -0.1) is 0 Å². The number of urea groups is 1. The molecule has 2 fully saturated rings. The summed E-state index contributed by atoms with van der Waals surface area (Å²) in [7, 11) is 0. The molecule has 17 heavy (non-hydrogen) atoms. The molecule has 1 aliphatic carbocycles. The lowest BCUT2D eigenvalue weighted by Crippen LogP contribution is -2.66. The number of nitrogens with one attached hydrogen (secondary N) is 1. The summed E-state index contributed by atoms with van der Waals surface area (Å²) < 4.78 is 5.23. The third-order valence-corrected chi connectivity index (χ3v) is 3.31. The largest absolute Gasteiger partial charge is 0.480 e. The average Bonchev–Trinajstić information content (AvgIpc) is 2.16. The van der Waals surface area contributed by atoms with Crippen LogP contribution in [-0.2, 0) is 9.53 Å². The van der Waals surface area contributed by atoms with Gasteiger partial charge in [0.25, 0.3) is 0 Å². The monoisotopic (exact) mass is 242 g/mol. The Labute approximate surface area is 99.9 Å². The minimum atomic E-state index is -0.983. The van der Waals surface area contributed by atoms with Crippen LogP contribution in [0.1, 0.15) is 26.2 Å². The number of likely N-dealkylation sites (tertiary alicyclic amines) is 1. The van der Waals surface area contributed by atoms with E-state index in [1.807, 2.05) is 6.92 Å². The lowest BCUT2D eigenvalue weighted by atomic mass is 9.93. The number of ether oxygens (including phenoxy) is 1. The van der Waals surface area contributed by atoms with Gasteiger partial charge >= 0.3 is 12.0 Å². The van der Waals surface area contributed by atoms with E-state index < -0.39 is 11.6 Å². The lowest BCUT2D eigenvalue weighted by molar-refractivity contribution is -0.159. The molecule has 2 amide bonds. The smallest absolute Gasteiger partial charge is 0.329 e. The fourth-order valence-corrected chi connectivity index (χ4v) is 2.05. The number of carbonyl (C=O) groups excluding carboxylic acids is 1. The first kappa shape index (κ1) is 12.2. The first-order valence-electron chi connectivity index (χ1n) is 5.90. The van der Waals surface area contributed by atoms with Gasteiger partial charge in [0.2, 0.25) is 0 Å². The minimum Gasteiger partial charge on any atom is -0.480 e. The van der Waals surface area contributed by atoms with Crippen molar-refractivity contribution in [2.45, 2.75) is 37.8 Å². The summed E-state index contributed by atoms with van der Waals surface area (Å²) >= 11 is 0. The standard InChI is InChI=1S/C11H18N2O4/c1-11(17-5-9(14)15)6-13(7-11)10(16)12-8-3-2-4-8/h8H,2-7H2,1H3,(H,12,16)(H,14,15). The molecular formula is C11H18N2O4. The molecule has 0 radical (unpaired) electrons. The van der Waals surface area contributed by atoms with Crippen LogP contribution in [0.3, 0.4) is 0 Å². The summed E-state index contributed by atoms with van der Waals surface area (Å²) in [6.07, 6.45) is 3.31. The van der Waals surface area contributed by atoms with Crippen molar-refractivity contribution in [1.82, 2.24) is 10.2 Å². The summed E-state index contributed by atoms with van der Waals surface area (Å²) in [5.41, 5.74) is -0.505. The number of aliphatic carboxylic acids is 1. The molecule has 0 bridgehead atoms. The van der Waals surface area contributed by atoms with E-state index in [4.69, 9.17) is 9.84 Å². The Balaban J connectivity index is 1.69. The van der Waals surface area contributed by atoms with Gasteiger partial charge in [0.1, 0.15) is 12.2 Å². The number of carboxylic acid groups (broad SMARTS) is 1. The molecule has 1 saturated heterocycles. The van der Waals surface area contributed by atoms with Crippen LogP contribution in [0.5, 0.6) is 0 Å². The quantitative estimate of drug-likeness (QED) is 0.749. The number of hydrogen-bond donors (Lipinski definition) is 2. The topological polar surface area (TPSA) is 78.9 Å². The summed E-state index contributed by atoms with van der Waals surface area (Å²) in [6, 6.07) is 0.264. The molecule has 0 aromatic carbocycles. The number of amides is 2. The van der Waals surface area contributed by atoms with Crippen LogP contribution >= 0.6 is 0 Å². The Morgan fingerprint density at radius 3 is 2.59 bits per heavy atom. The number of rotatable bonds is 4. The lowest BCUT2D eigenvalue weighted by Gasteiger charge is -2.47. The van der Waals surface area contributed by atoms with Crippen LogP contribution in [0.25, 0.3) is 0 Å². The summed E-state index contributed by atoms with van der Waals surface area (Å²) in [6.45, 7) is 2.43. The maximum Gasteiger partial charge on any atom is 0.329 e. The molecule has 2 aliphatic rings. The van der Waals surface area contributed by atoms with E-state index in [0.717, 1.165) is 12.8 Å². The molecule has 0 spiro atoms. The first-order valence-corrected chi connectivity index (χ1v) is 5.90. The van der Waals surface area contributed by atoms with E-state index >= 15 is 0 Å². The van der Waals surface area contributed by atoms with Crippen molar-refractivity contribution in [3.8, 4) is 0 Å². The van der Waals surface area contributed by atoms with Gasteiger partial charge in [-0.1, -0.05) is 0 Å². The molecule has 1 aliphatic heterocycles. The van der Waals surface area contributed by atoms with Crippen LogP contribution in [0.15, 0.2) is 0 Å². The molecule has 0 aromatic rings. The van der Waals surface area contributed by atoms with Gasteiger partial charge in [0, 0.05) is 6.04 Å². The number of carboxylic acids is 1. The van der Waals surface area contributed by atoms with Crippen LogP contribution in [0.4, 0.5) is 4.79 Å². The molecule has 96 valence electrons. The summed E-state index contributed by atoms with van der Waals surface area (Å²) in [5, 5.41) is 11.4. The summed E-state index contributed by atoms with van der Waals surface area (Å²) in [5.74, 6) is -0.983. The third-order valence-electron chi connectivity index (χ3n) is 3.31. The Kier molecular flexibility index (Phi) is 3.24. The van der Waals surface area contributed by atoms with E-state index in [0.29, 0.717) is 19.1 Å². The fourth-order valence-electron chi connectivity index (χ4n) is 2.05. The molecule has 6 heteroatoms. The highest BCUT2D eigenvalue weighted by Gasteiger charge is 2.43. The molecule has 6 nitrogen and oxygen atoms in total. The first-order chi connectivity index (χ1) is 7.98. The Hall–Kier alpha value is -1.30. The van der Waals surface area contributed by atoms with E-state index in [2.05, 4.69) is 5.32 Å². The van der Waals surface area contributed by atoms with E-state index in [-0.39, 0.29) is 12.6 Å². The predicted molar refractivity (Wildman–Crippen MR) is 59.7 cm³/mol. The SMILES string of the molecule is CC1(OCC(=O)O)CN(C(=O)NC2CCC2)C1. The molecule has 1 saturated carbocycles. The molecule has 0 atom stereocenters. The van der Waals surface area contributed by atoms with Crippen molar-refractivity contribution in [2.75, 3.05) is 19.7 Å². The van der Waals surface area contributed by atoms with Crippen molar-refractivity contribution in [2.24, 2.45) is 0 Å². The zero-order chi connectivity index (χ0) is 12.5. The molecule has 0 aromatic heterocycles. The van der Waals surface area contributed by atoms with Crippen molar-refractivity contribution >= 4 is 12.0 Å². The van der Waals surface area contributed by atoms with Crippen LogP contribution in [-0.4, -0.2) is 53.3 Å². The van der Waals surface area contributed by atoms with Crippen LogP contribution in [0, 0.1) is 0 Å². The second-order valence-electron chi connectivity index (χ2n) is 5.07. The molecule has 2 N–H and O–H groups in total. The van der Waals surface area contributed by atoms with Gasteiger partial charge in [-0.05, 0) is 26.2 Å². The molecular weight excluding hydrogens is 224 g/mol.